The third-order valence-corrected chi connectivity index (χ3v) is 6.21. The lowest BCUT2D eigenvalue weighted by Gasteiger charge is -2.53. The summed E-state index contributed by atoms with van der Waals surface area (Å²) in [6.07, 6.45) is 2.89. The minimum absolute atomic E-state index is 0.0869. The van der Waals surface area contributed by atoms with Crippen LogP contribution in [0.3, 0.4) is 0 Å². The van der Waals surface area contributed by atoms with E-state index in [0.29, 0.717) is 12.0 Å². The summed E-state index contributed by atoms with van der Waals surface area (Å²) in [5.41, 5.74) is -0.654. The Labute approximate surface area is 188 Å². The van der Waals surface area contributed by atoms with Gasteiger partial charge in [0.15, 0.2) is 0 Å². The molecule has 1 aliphatic carbocycles. The van der Waals surface area contributed by atoms with Gasteiger partial charge in [0.25, 0.3) is 17.5 Å². The third kappa shape index (κ3) is 3.30. The summed E-state index contributed by atoms with van der Waals surface area (Å²) in [4.78, 5) is 49.2. The van der Waals surface area contributed by atoms with Crippen LogP contribution in [0.1, 0.15) is 24.8 Å². The number of fused-ring (bicyclic) bond motifs is 1. The maximum Gasteiger partial charge on any atom is 0.514 e. The molecule has 0 spiro atoms. The zero-order chi connectivity index (χ0) is 23.3. The number of hydrogen-bond donors (Lipinski definition) is 0. The minimum Gasteiger partial charge on any atom is -0.425 e. The molecular weight excluding hydrogens is 430 g/mol. The summed E-state index contributed by atoms with van der Waals surface area (Å²) in [6, 6.07) is 12.7. The van der Waals surface area contributed by atoms with Crippen molar-refractivity contribution in [1.29, 1.82) is 0 Å². The topological polar surface area (TPSA) is 119 Å². The fraction of sp³-hybridized carbons (Fsp3) is 0.261. The van der Waals surface area contributed by atoms with Crippen LogP contribution < -0.4 is 4.74 Å². The van der Waals surface area contributed by atoms with Crippen molar-refractivity contribution in [3.63, 3.8) is 0 Å². The summed E-state index contributed by atoms with van der Waals surface area (Å²) in [5, 5.41) is 13.6. The molecule has 168 valence electrons. The molecule has 10 nitrogen and oxygen atoms in total. The third-order valence-electron chi connectivity index (χ3n) is 6.21. The number of amides is 2. The second-order valence-corrected chi connectivity index (χ2v) is 8.33. The number of hydrazine groups is 1. The van der Waals surface area contributed by atoms with E-state index in [1.165, 1.54) is 34.3 Å². The van der Waals surface area contributed by atoms with Crippen LogP contribution in [0.15, 0.2) is 66.7 Å². The zero-order valence-electron chi connectivity index (χ0n) is 17.5. The van der Waals surface area contributed by atoms with E-state index < -0.39 is 34.7 Å². The number of carbonyl (C=O) groups excluding carboxylic acids is 3. The number of carbonyl (C=O) groups is 3. The summed E-state index contributed by atoms with van der Waals surface area (Å²) in [6.45, 7) is 1.69. The second kappa shape index (κ2) is 7.44. The Morgan fingerprint density at radius 2 is 1.70 bits per heavy atom. The predicted molar refractivity (Wildman–Crippen MR) is 113 cm³/mol. The van der Waals surface area contributed by atoms with Gasteiger partial charge in [-0.15, -0.1) is 0 Å². The molecule has 4 aliphatic rings. The molecule has 2 aromatic rings. The largest absolute Gasteiger partial charge is 0.514 e. The molecule has 10 heteroatoms. The number of non-ortho nitro benzene ring substituents is 1. The van der Waals surface area contributed by atoms with Gasteiger partial charge < -0.3 is 9.47 Å². The first-order valence-corrected chi connectivity index (χ1v) is 10.3. The van der Waals surface area contributed by atoms with Crippen LogP contribution in [-0.4, -0.2) is 50.6 Å². The van der Waals surface area contributed by atoms with Crippen LogP contribution >= 0.6 is 0 Å². The Morgan fingerprint density at radius 1 is 1.03 bits per heavy atom. The van der Waals surface area contributed by atoms with Crippen LogP contribution in [0.2, 0.25) is 0 Å². The van der Waals surface area contributed by atoms with Crippen molar-refractivity contribution in [3.8, 4) is 5.75 Å². The van der Waals surface area contributed by atoms with Crippen LogP contribution in [0.5, 0.6) is 5.75 Å². The Bertz CT molecular complexity index is 1180. The van der Waals surface area contributed by atoms with Crippen molar-refractivity contribution in [2.45, 2.75) is 36.9 Å². The van der Waals surface area contributed by atoms with Crippen molar-refractivity contribution in [3.05, 3.63) is 82.4 Å². The number of hydrogen-bond acceptors (Lipinski definition) is 7. The highest BCUT2D eigenvalue weighted by Crippen LogP contribution is 2.46. The monoisotopic (exact) mass is 449 g/mol. The van der Waals surface area contributed by atoms with Gasteiger partial charge in [0.1, 0.15) is 23.3 Å². The van der Waals surface area contributed by atoms with E-state index in [1.54, 1.807) is 37.3 Å². The maximum absolute atomic E-state index is 13.3. The average Bonchev–Trinajstić information content (AvgIpc) is 3.06. The van der Waals surface area contributed by atoms with Gasteiger partial charge in [-0.1, -0.05) is 42.5 Å². The van der Waals surface area contributed by atoms with Gasteiger partial charge in [-0.2, -0.15) is 0 Å². The Kier molecular flexibility index (Phi) is 4.66. The van der Waals surface area contributed by atoms with Crippen molar-refractivity contribution in [2.75, 3.05) is 0 Å². The first kappa shape index (κ1) is 20.7. The van der Waals surface area contributed by atoms with Crippen molar-refractivity contribution < 1.29 is 28.8 Å². The molecule has 3 heterocycles. The fourth-order valence-corrected chi connectivity index (χ4v) is 4.70. The highest BCUT2D eigenvalue weighted by molar-refractivity contribution is 6.11. The molecule has 6 rings (SSSR count). The highest BCUT2D eigenvalue weighted by atomic mass is 16.7. The number of ether oxygens (including phenoxy) is 2. The van der Waals surface area contributed by atoms with E-state index in [-0.39, 0.29) is 23.3 Å². The van der Waals surface area contributed by atoms with Gasteiger partial charge in [0.05, 0.1) is 11.0 Å². The van der Waals surface area contributed by atoms with Crippen LogP contribution in [0.4, 0.5) is 10.5 Å². The van der Waals surface area contributed by atoms with E-state index in [9.17, 15) is 24.5 Å². The lowest BCUT2D eigenvalue weighted by Crippen LogP contribution is -2.68. The quantitative estimate of drug-likeness (QED) is 0.176. The molecule has 0 N–H and O–H groups in total. The lowest BCUT2D eigenvalue weighted by molar-refractivity contribution is -0.384. The van der Waals surface area contributed by atoms with E-state index in [2.05, 4.69) is 0 Å². The van der Waals surface area contributed by atoms with Gasteiger partial charge in [0.2, 0.25) is 0 Å². The Balaban J connectivity index is 1.35. The lowest BCUT2D eigenvalue weighted by atomic mass is 9.80. The summed E-state index contributed by atoms with van der Waals surface area (Å²) < 4.78 is 10.8. The van der Waals surface area contributed by atoms with Crippen molar-refractivity contribution >= 4 is 23.7 Å². The van der Waals surface area contributed by atoms with Gasteiger partial charge in [-0.25, -0.2) is 14.8 Å². The summed E-state index contributed by atoms with van der Waals surface area (Å²) >= 11 is 0. The minimum atomic E-state index is -1.13. The number of nitrogens with zero attached hydrogens (tertiary/aromatic N) is 3. The molecule has 0 aromatic heterocycles. The van der Waals surface area contributed by atoms with Crippen molar-refractivity contribution in [2.24, 2.45) is 0 Å². The smallest absolute Gasteiger partial charge is 0.425 e. The molecule has 33 heavy (non-hydrogen) atoms. The first-order chi connectivity index (χ1) is 15.8. The van der Waals surface area contributed by atoms with Crippen molar-refractivity contribution in [1.82, 2.24) is 10.0 Å². The van der Waals surface area contributed by atoms with E-state index in [4.69, 9.17) is 9.47 Å². The number of rotatable bonds is 4. The molecule has 3 aliphatic heterocycles. The highest BCUT2D eigenvalue weighted by Gasteiger charge is 2.61. The molecule has 0 radical (unpaired) electrons. The fourth-order valence-electron chi connectivity index (χ4n) is 4.70. The second-order valence-electron chi connectivity index (χ2n) is 8.33. The van der Waals surface area contributed by atoms with Gasteiger partial charge in [0, 0.05) is 18.6 Å². The van der Waals surface area contributed by atoms with Gasteiger partial charge >= 0.3 is 6.16 Å². The van der Waals surface area contributed by atoms with Gasteiger partial charge in [-0.3, -0.25) is 19.7 Å². The van der Waals surface area contributed by atoms with Crippen LogP contribution in [0.25, 0.3) is 0 Å². The standard InChI is InChI=1S/C23H19N3O7/c1-23(33-22(29)32-17-10-7-15(8-11-17)26(30)31)13-16-9-12-18(23)25-21(28)19(20(27)24(16)25)14-5-3-2-4-6-14/h2-12,16,18-19H,13H2,1H3. The molecule has 2 saturated heterocycles. The molecule has 4 atom stereocenters. The predicted octanol–water partition coefficient (Wildman–Crippen LogP) is 2.95. The Hall–Kier alpha value is -4.21. The molecule has 2 fully saturated rings. The maximum atomic E-state index is 13.3. The van der Waals surface area contributed by atoms with Crippen LogP contribution in [0, 0.1) is 10.1 Å². The summed E-state index contributed by atoms with van der Waals surface area (Å²) in [7, 11) is 0. The SMILES string of the molecule is CC1(OC(=O)Oc2ccc([N+](=O)[O-])cc2)CC2C=CC1N1C(=O)C(c3ccccc3)C(=O)N21. The number of benzene rings is 2. The summed E-state index contributed by atoms with van der Waals surface area (Å²) in [5.74, 6) is -1.53. The first-order valence-electron chi connectivity index (χ1n) is 10.3. The molecule has 0 saturated carbocycles. The zero-order valence-corrected chi connectivity index (χ0v) is 17.5. The number of nitro benzene ring substituents is 1. The Morgan fingerprint density at radius 3 is 2.36 bits per heavy atom. The molecule has 4 unspecified atom stereocenters. The van der Waals surface area contributed by atoms with E-state index >= 15 is 0 Å². The normalized spacial score (nSPS) is 27.5. The molecule has 2 bridgehead atoms. The molecule has 2 amide bonds. The number of nitro groups is 1. The van der Waals surface area contributed by atoms with E-state index in [1.807, 2.05) is 12.1 Å². The van der Waals surface area contributed by atoms with Crippen LogP contribution in [-0.2, 0) is 14.3 Å². The van der Waals surface area contributed by atoms with Gasteiger partial charge in [-0.05, 0) is 24.6 Å². The average molecular weight is 449 g/mol. The molecular formula is C23H19N3O7. The van der Waals surface area contributed by atoms with E-state index in [0.717, 1.165) is 0 Å². The molecule has 2 aromatic carbocycles.